The van der Waals surface area contributed by atoms with Gasteiger partial charge in [0.05, 0.1) is 12.1 Å². The van der Waals surface area contributed by atoms with Gasteiger partial charge in [-0.25, -0.2) is 0 Å². The fraction of sp³-hybridized carbons (Fsp3) is 0.600. The first-order valence-corrected chi connectivity index (χ1v) is 7.30. The van der Waals surface area contributed by atoms with E-state index in [-0.39, 0.29) is 0 Å². The maximum Gasteiger partial charge on any atom is 0.137 e. The molecule has 1 aromatic rings. The van der Waals surface area contributed by atoms with Crippen molar-refractivity contribution in [2.24, 2.45) is 11.7 Å². The van der Waals surface area contributed by atoms with Crippen molar-refractivity contribution >= 4 is 11.6 Å². The van der Waals surface area contributed by atoms with Gasteiger partial charge < -0.3 is 10.5 Å². The molecule has 2 N–H and O–H groups in total. The molecule has 0 amide bonds. The maximum absolute atomic E-state index is 6.18. The lowest BCUT2D eigenvalue weighted by Crippen LogP contribution is -2.47. The number of ether oxygens (including phenoxy) is 1. The molecular formula is C15H23ClN2O. The van der Waals surface area contributed by atoms with Crippen LogP contribution in [0.1, 0.15) is 25.3 Å². The minimum Gasteiger partial charge on any atom is -0.495 e. The molecule has 1 heterocycles. The number of nitrogens with two attached hydrogens (primary N) is 1. The summed E-state index contributed by atoms with van der Waals surface area (Å²) in [6.07, 6.45) is 2.53. The lowest BCUT2D eigenvalue weighted by Gasteiger charge is -2.39. The predicted molar refractivity (Wildman–Crippen MR) is 79.7 cm³/mol. The number of benzene rings is 1. The second-order valence-corrected chi connectivity index (χ2v) is 5.77. The second-order valence-electron chi connectivity index (χ2n) is 5.36. The Kier molecular flexibility index (Phi) is 5.08. The molecule has 106 valence electrons. The van der Waals surface area contributed by atoms with Crippen molar-refractivity contribution in [3.8, 4) is 5.75 Å². The van der Waals surface area contributed by atoms with Crippen LogP contribution in [0, 0.1) is 5.92 Å². The van der Waals surface area contributed by atoms with Crippen molar-refractivity contribution in [2.45, 2.75) is 32.4 Å². The van der Waals surface area contributed by atoms with Gasteiger partial charge in [0.1, 0.15) is 5.75 Å². The lowest BCUT2D eigenvalue weighted by molar-refractivity contribution is 0.0991. The zero-order valence-electron chi connectivity index (χ0n) is 11.7. The van der Waals surface area contributed by atoms with E-state index in [1.54, 1.807) is 7.11 Å². The summed E-state index contributed by atoms with van der Waals surface area (Å²) in [5, 5.41) is 0.675. The van der Waals surface area contributed by atoms with Crippen molar-refractivity contribution in [2.75, 3.05) is 20.2 Å². The summed E-state index contributed by atoms with van der Waals surface area (Å²) in [5.41, 5.74) is 7.15. The monoisotopic (exact) mass is 282 g/mol. The summed E-state index contributed by atoms with van der Waals surface area (Å²) < 4.78 is 5.18. The van der Waals surface area contributed by atoms with E-state index in [1.807, 2.05) is 12.1 Å². The number of halogens is 1. The van der Waals surface area contributed by atoms with Gasteiger partial charge >= 0.3 is 0 Å². The van der Waals surface area contributed by atoms with E-state index < -0.39 is 0 Å². The number of nitrogens with zero attached hydrogens (tertiary/aromatic N) is 1. The van der Waals surface area contributed by atoms with E-state index in [1.165, 1.54) is 18.4 Å². The van der Waals surface area contributed by atoms with E-state index >= 15 is 0 Å². The Hall–Kier alpha value is -0.770. The molecule has 0 saturated carbocycles. The molecule has 1 saturated heterocycles. The Labute approximate surface area is 120 Å². The van der Waals surface area contributed by atoms with Crippen molar-refractivity contribution < 1.29 is 4.74 Å². The zero-order valence-corrected chi connectivity index (χ0v) is 12.5. The summed E-state index contributed by atoms with van der Waals surface area (Å²) in [4.78, 5) is 2.48. The number of rotatable bonds is 4. The normalized spacial score (nSPS) is 24.4. The van der Waals surface area contributed by atoms with Gasteiger partial charge in [-0.05, 0) is 43.0 Å². The van der Waals surface area contributed by atoms with Crippen LogP contribution in [0.4, 0.5) is 0 Å². The molecule has 0 bridgehead atoms. The van der Waals surface area contributed by atoms with Crippen molar-refractivity contribution in [1.82, 2.24) is 4.90 Å². The Morgan fingerprint density at radius 2 is 2.26 bits per heavy atom. The van der Waals surface area contributed by atoms with Crippen LogP contribution in [0.2, 0.25) is 5.02 Å². The second kappa shape index (κ2) is 6.60. The fourth-order valence-electron chi connectivity index (χ4n) is 2.95. The molecule has 1 fully saturated rings. The Bertz CT molecular complexity index is 425. The van der Waals surface area contributed by atoms with Gasteiger partial charge in [-0.1, -0.05) is 24.6 Å². The molecule has 4 heteroatoms. The maximum atomic E-state index is 6.18. The topological polar surface area (TPSA) is 38.5 Å². The highest BCUT2D eigenvalue weighted by atomic mass is 35.5. The van der Waals surface area contributed by atoms with Gasteiger partial charge in [0.25, 0.3) is 0 Å². The summed E-state index contributed by atoms with van der Waals surface area (Å²) in [6.45, 7) is 5.06. The van der Waals surface area contributed by atoms with Gasteiger partial charge in [-0.15, -0.1) is 0 Å². The molecule has 2 atom stereocenters. The number of piperidine rings is 1. The third-order valence-corrected chi connectivity index (χ3v) is 4.37. The summed E-state index contributed by atoms with van der Waals surface area (Å²) >= 11 is 6.18. The van der Waals surface area contributed by atoms with Gasteiger partial charge in [0.2, 0.25) is 0 Å². The van der Waals surface area contributed by atoms with Crippen LogP contribution in [0.3, 0.4) is 0 Å². The molecule has 0 aliphatic carbocycles. The first-order valence-electron chi connectivity index (χ1n) is 6.92. The highest BCUT2D eigenvalue weighted by Gasteiger charge is 2.27. The molecule has 2 unspecified atom stereocenters. The zero-order chi connectivity index (χ0) is 13.8. The van der Waals surface area contributed by atoms with Crippen molar-refractivity contribution in [3.63, 3.8) is 0 Å². The number of hydrogen-bond acceptors (Lipinski definition) is 3. The van der Waals surface area contributed by atoms with E-state index in [0.29, 0.717) is 17.0 Å². The third kappa shape index (κ3) is 3.41. The van der Waals surface area contributed by atoms with E-state index in [2.05, 4.69) is 17.9 Å². The number of hydrogen-bond donors (Lipinski definition) is 1. The molecule has 19 heavy (non-hydrogen) atoms. The Balaban J connectivity index is 2.09. The van der Waals surface area contributed by atoms with E-state index in [9.17, 15) is 0 Å². The molecular weight excluding hydrogens is 260 g/mol. The molecule has 1 aromatic carbocycles. The quantitative estimate of drug-likeness (QED) is 0.923. The first kappa shape index (κ1) is 14.6. The Morgan fingerprint density at radius 1 is 1.47 bits per heavy atom. The molecule has 0 spiro atoms. The highest BCUT2D eigenvalue weighted by Crippen LogP contribution is 2.28. The largest absolute Gasteiger partial charge is 0.495 e. The van der Waals surface area contributed by atoms with Crippen LogP contribution in [-0.4, -0.2) is 31.1 Å². The molecule has 0 aromatic heterocycles. The van der Waals surface area contributed by atoms with Crippen LogP contribution in [0.25, 0.3) is 0 Å². The minimum atomic E-state index is 0.481. The predicted octanol–water partition coefficient (Wildman–Crippen LogP) is 2.91. The molecule has 1 aliphatic heterocycles. The average molecular weight is 283 g/mol. The van der Waals surface area contributed by atoms with Crippen LogP contribution < -0.4 is 10.5 Å². The molecule has 3 nitrogen and oxygen atoms in total. The van der Waals surface area contributed by atoms with Gasteiger partial charge in [0.15, 0.2) is 0 Å². The minimum absolute atomic E-state index is 0.481. The summed E-state index contributed by atoms with van der Waals surface area (Å²) in [5.74, 6) is 1.40. The highest BCUT2D eigenvalue weighted by molar-refractivity contribution is 6.32. The summed E-state index contributed by atoms with van der Waals surface area (Å²) in [7, 11) is 1.64. The van der Waals surface area contributed by atoms with Gasteiger partial charge in [-0.2, -0.15) is 0 Å². The smallest absolute Gasteiger partial charge is 0.137 e. The van der Waals surface area contributed by atoms with Gasteiger partial charge in [0, 0.05) is 19.1 Å². The molecule has 1 aliphatic rings. The standard InChI is InChI=1S/C15H23ClN2O/c1-11-4-3-7-18(14(11)9-17)10-12-5-6-15(19-2)13(16)8-12/h5-6,8,11,14H,3-4,7,9-10,17H2,1-2H3. The average Bonchev–Trinajstić information content (AvgIpc) is 2.39. The van der Waals surface area contributed by atoms with Crippen molar-refractivity contribution in [1.29, 1.82) is 0 Å². The van der Waals surface area contributed by atoms with Crippen molar-refractivity contribution in [3.05, 3.63) is 28.8 Å². The van der Waals surface area contributed by atoms with Gasteiger partial charge in [-0.3, -0.25) is 4.90 Å². The fourth-order valence-corrected chi connectivity index (χ4v) is 3.24. The van der Waals surface area contributed by atoms with Crippen LogP contribution >= 0.6 is 11.6 Å². The Morgan fingerprint density at radius 3 is 2.89 bits per heavy atom. The van der Waals surface area contributed by atoms with Crippen LogP contribution in [0.5, 0.6) is 5.75 Å². The third-order valence-electron chi connectivity index (χ3n) is 4.07. The number of likely N-dealkylation sites (tertiary alicyclic amines) is 1. The number of methoxy groups -OCH3 is 1. The van der Waals surface area contributed by atoms with E-state index in [4.69, 9.17) is 22.1 Å². The molecule has 0 radical (unpaired) electrons. The lowest BCUT2D eigenvalue weighted by atomic mass is 9.90. The SMILES string of the molecule is COc1ccc(CN2CCCC(C)C2CN)cc1Cl. The van der Waals surface area contributed by atoms with Crippen LogP contribution in [-0.2, 0) is 6.54 Å². The first-order chi connectivity index (χ1) is 9.15. The summed E-state index contributed by atoms with van der Waals surface area (Å²) in [6, 6.07) is 6.49. The van der Waals surface area contributed by atoms with E-state index in [0.717, 1.165) is 25.4 Å². The van der Waals surface area contributed by atoms with Crippen LogP contribution in [0.15, 0.2) is 18.2 Å². The molecule has 2 rings (SSSR count).